The van der Waals surface area contributed by atoms with Crippen molar-refractivity contribution in [2.45, 2.75) is 13.2 Å². The second kappa shape index (κ2) is 3.22. The van der Waals surface area contributed by atoms with Crippen LogP contribution in [0.25, 0.3) is 0 Å². The lowest BCUT2D eigenvalue weighted by atomic mass is 9.94. The van der Waals surface area contributed by atoms with Crippen molar-refractivity contribution in [2.75, 3.05) is 6.61 Å². The fourth-order valence-corrected chi connectivity index (χ4v) is 0.0745. The Labute approximate surface area is 39.8 Å². The molecule has 34 valence electrons. The zero-order valence-electron chi connectivity index (χ0n) is 4.02. The molecule has 0 aliphatic heterocycles. The minimum absolute atomic E-state index is 0.205. The zero-order valence-corrected chi connectivity index (χ0v) is 4.02. The van der Waals surface area contributed by atoms with Gasteiger partial charge in [-0.1, -0.05) is 13.2 Å². The fraction of sp³-hybridized carbons (Fsp3) is 1.00. The van der Waals surface area contributed by atoms with E-state index in [1.807, 2.05) is 6.92 Å². The maximum Gasteiger partial charge on any atom is 0.0657 e. The van der Waals surface area contributed by atoms with Gasteiger partial charge in [-0.25, -0.2) is 0 Å². The topological polar surface area (TPSA) is 20.2 Å². The molecule has 0 aromatic carbocycles. The molecule has 1 N–H and O–H groups in total. The van der Waals surface area contributed by atoms with Gasteiger partial charge in [0.2, 0.25) is 0 Å². The van der Waals surface area contributed by atoms with Crippen molar-refractivity contribution in [3.63, 3.8) is 0 Å². The molecule has 0 aromatic heterocycles. The molecule has 2 heteroatoms. The van der Waals surface area contributed by atoms with Gasteiger partial charge in [0.15, 0.2) is 0 Å². The first-order valence-electron chi connectivity index (χ1n) is 2.12. The predicted octanol–water partition coefficient (Wildman–Crippen LogP) is 0.202. The van der Waals surface area contributed by atoms with E-state index in [0.717, 1.165) is 0 Å². The van der Waals surface area contributed by atoms with Crippen molar-refractivity contribution < 1.29 is 5.11 Å². The molecule has 0 rings (SSSR count). The zero-order chi connectivity index (χ0) is 4.99. The van der Waals surface area contributed by atoms with Gasteiger partial charge in [0.25, 0.3) is 0 Å². The normalized spacial score (nSPS) is 14.3. The van der Waals surface area contributed by atoms with Crippen LogP contribution < -0.4 is 0 Å². The van der Waals surface area contributed by atoms with Gasteiger partial charge in [0.05, 0.1) is 7.85 Å². The van der Waals surface area contributed by atoms with Crippen LogP contribution >= 0.6 is 0 Å². The molecule has 1 atom stereocenters. The van der Waals surface area contributed by atoms with Crippen molar-refractivity contribution in [1.29, 1.82) is 0 Å². The third-order valence-electron chi connectivity index (χ3n) is 0.714. The van der Waals surface area contributed by atoms with Crippen molar-refractivity contribution in [3.05, 3.63) is 0 Å². The highest BCUT2D eigenvalue weighted by molar-refractivity contribution is 6.08. The maximum atomic E-state index is 8.25. The summed E-state index contributed by atoms with van der Waals surface area (Å²) in [5, 5.41) is 8.25. The Morgan fingerprint density at radius 1 is 1.83 bits per heavy atom. The summed E-state index contributed by atoms with van der Waals surface area (Å²) >= 11 is 0. The highest BCUT2D eigenvalue weighted by Gasteiger charge is 1.89. The number of aliphatic hydroxyl groups excluding tert-OH is 1. The highest BCUT2D eigenvalue weighted by Crippen LogP contribution is 1.93. The summed E-state index contributed by atoms with van der Waals surface area (Å²) < 4.78 is 0. The Morgan fingerprint density at radius 2 is 2.33 bits per heavy atom. The molecule has 0 aliphatic rings. The molecular weight excluding hydrogens is 74.9 g/mol. The third kappa shape index (κ3) is 2.27. The van der Waals surface area contributed by atoms with Gasteiger partial charge >= 0.3 is 0 Å². The van der Waals surface area contributed by atoms with Crippen LogP contribution in [0.3, 0.4) is 0 Å². The summed E-state index contributed by atoms with van der Waals surface area (Å²) in [4.78, 5) is 0. The summed E-state index contributed by atoms with van der Waals surface area (Å²) in [5.41, 5.74) is 0. The Bertz CT molecular complexity index is 26.7. The summed E-state index contributed by atoms with van der Waals surface area (Å²) in [5.74, 6) is 0.269. The molecule has 0 amide bonds. The van der Waals surface area contributed by atoms with E-state index >= 15 is 0 Å². The van der Waals surface area contributed by atoms with E-state index < -0.39 is 0 Å². The predicted molar refractivity (Wildman–Crippen MR) is 26.8 cm³/mol. The first-order valence-corrected chi connectivity index (χ1v) is 2.12. The Kier molecular flexibility index (Phi) is 3.24. The quantitative estimate of drug-likeness (QED) is 0.474. The van der Waals surface area contributed by atoms with Crippen LogP contribution in [0.5, 0.6) is 0 Å². The molecule has 1 nitrogen and oxygen atoms in total. The smallest absolute Gasteiger partial charge is 0.0657 e. The molecule has 0 aromatic rings. The van der Waals surface area contributed by atoms with Gasteiger partial charge in [-0.2, -0.15) is 0 Å². The molecular formula is C4H9BO. The summed E-state index contributed by atoms with van der Waals surface area (Å²) in [6, 6.07) is 0. The number of rotatable bonds is 2. The lowest BCUT2D eigenvalue weighted by Gasteiger charge is -1.98. The molecule has 6 heavy (non-hydrogen) atoms. The van der Waals surface area contributed by atoms with Gasteiger partial charge in [-0.3, -0.25) is 0 Å². The SMILES string of the molecule is [B]C[C@H](C)CO. The molecule has 0 heterocycles. The monoisotopic (exact) mass is 84.1 g/mol. The second-order valence-corrected chi connectivity index (χ2v) is 1.52. The van der Waals surface area contributed by atoms with Gasteiger partial charge < -0.3 is 5.11 Å². The minimum Gasteiger partial charge on any atom is -0.396 e. The molecule has 0 saturated carbocycles. The second-order valence-electron chi connectivity index (χ2n) is 1.52. The van der Waals surface area contributed by atoms with Crippen LogP contribution in [-0.2, 0) is 0 Å². The van der Waals surface area contributed by atoms with Crippen molar-refractivity contribution in [3.8, 4) is 0 Å². The maximum absolute atomic E-state index is 8.25. The minimum atomic E-state index is 0.205. The van der Waals surface area contributed by atoms with E-state index in [0.29, 0.717) is 6.32 Å². The molecule has 0 spiro atoms. The molecule has 0 unspecified atom stereocenters. The van der Waals surface area contributed by atoms with Gasteiger partial charge in [-0.15, -0.1) is 0 Å². The van der Waals surface area contributed by atoms with E-state index in [4.69, 9.17) is 13.0 Å². The summed E-state index contributed by atoms with van der Waals surface area (Å²) in [6.07, 6.45) is 0.580. The van der Waals surface area contributed by atoms with E-state index in [-0.39, 0.29) is 12.5 Å². The third-order valence-corrected chi connectivity index (χ3v) is 0.714. The number of hydrogen-bond acceptors (Lipinski definition) is 1. The lowest BCUT2D eigenvalue weighted by Crippen LogP contribution is -1.97. The Morgan fingerprint density at radius 3 is 2.33 bits per heavy atom. The molecule has 0 bridgehead atoms. The summed E-state index contributed by atoms with van der Waals surface area (Å²) in [7, 11) is 5.12. The van der Waals surface area contributed by atoms with Crippen LogP contribution in [-0.4, -0.2) is 19.6 Å². The van der Waals surface area contributed by atoms with E-state index in [1.54, 1.807) is 0 Å². The molecule has 0 aliphatic carbocycles. The van der Waals surface area contributed by atoms with Crippen LogP contribution in [0.1, 0.15) is 6.92 Å². The number of hydrogen-bond donors (Lipinski definition) is 1. The van der Waals surface area contributed by atoms with Crippen LogP contribution in [0, 0.1) is 5.92 Å². The average molecular weight is 83.9 g/mol. The standard InChI is InChI=1S/C4H9BO/c1-4(2-5)3-6/h4,6H,2-3H2,1H3/t4-/m0/s1. The first kappa shape index (κ1) is 6.02. The fourth-order valence-electron chi connectivity index (χ4n) is 0.0745. The average Bonchev–Trinajstić information content (AvgIpc) is 1.65. The van der Waals surface area contributed by atoms with E-state index in [2.05, 4.69) is 0 Å². The van der Waals surface area contributed by atoms with Crippen LogP contribution in [0.4, 0.5) is 0 Å². The molecule has 0 fully saturated rings. The van der Waals surface area contributed by atoms with Crippen molar-refractivity contribution in [1.82, 2.24) is 0 Å². The lowest BCUT2D eigenvalue weighted by molar-refractivity contribution is 0.248. The van der Waals surface area contributed by atoms with Crippen molar-refractivity contribution >= 4 is 7.85 Å². The molecule has 0 saturated heterocycles. The molecule has 2 radical (unpaired) electrons. The van der Waals surface area contributed by atoms with Crippen LogP contribution in [0.2, 0.25) is 6.32 Å². The first-order chi connectivity index (χ1) is 2.81. The highest BCUT2D eigenvalue weighted by atomic mass is 16.3. The van der Waals surface area contributed by atoms with E-state index in [9.17, 15) is 0 Å². The van der Waals surface area contributed by atoms with E-state index in [1.165, 1.54) is 0 Å². The Hall–Kier alpha value is 0.0249. The Balaban J connectivity index is 2.75. The van der Waals surface area contributed by atoms with Gasteiger partial charge in [0.1, 0.15) is 0 Å². The van der Waals surface area contributed by atoms with Gasteiger partial charge in [0, 0.05) is 6.61 Å². The van der Waals surface area contributed by atoms with Crippen molar-refractivity contribution in [2.24, 2.45) is 5.92 Å². The van der Waals surface area contributed by atoms with Crippen LogP contribution in [0.15, 0.2) is 0 Å². The van der Waals surface area contributed by atoms with Gasteiger partial charge in [-0.05, 0) is 5.92 Å². The summed E-state index contributed by atoms with van der Waals surface area (Å²) in [6.45, 7) is 2.11. The largest absolute Gasteiger partial charge is 0.396 e. The number of aliphatic hydroxyl groups is 1.